The Bertz CT molecular complexity index is 1980. The minimum atomic E-state index is 0. The Morgan fingerprint density at radius 3 is 1.61 bits per heavy atom. The molecule has 0 saturated carbocycles. The fraction of sp³-hybridized carbons (Fsp3) is 0.375. The summed E-state index contributed by atoms with van der Waals surface area (Å²) >= 11 is 1.46. The molecule has 0 saturated heterocycles. The van der Waals surface area contributed by atoms with Crippen molar-refractivity contribution in [3.05, 3.63) is 142 Å². The van der Waals surface area contributed by atoms with Crippen LogP contribution in [-0.4, -0.2) is 3.21 Å². The predicted molar refractivity (Wildman–Crippen MR) is 215 cm³/mol. The fourth-order valence-electron chi connectivity index (χ4n) is 7.68. The van der Waals surface area contributed by atoms with Crippen molar-refractivity contribution in [1.29, 1.82) is 0 Å². The number of halogens is 2. The van der Waals surface area contributed by atoms with Gasteiger partial charge in [-0.3, -0.25) is 0 Å². The standard InChI is InChI=1S/C35H47.C13H10.2ClH.Zr/c1-20(2)26-19-25(34(7,8)9)17-24-18-27-31(23-15-13-14-16-23)33(35(10,11)12)29(22(5)6)28(21(3)4)32(27)30(24)26;1-3-7-12(8-4-1)11-13-9-5-2-6-10-13;;;/h13-15,17-22H,16H2,1-12H3;1-10H;2*1H;/q-1;;;;+2/p-2. The van der Waals surface area contributed by atoms with Crippen molar-refractivity contribution in [2.45, 2.75) is 118 Å². The Morgan fingerprint density at radius 2 is 1.20 bits per heavy atom. The molecule has 3 heteroatoms. The van der Waals surface area contributed by atoms with Gasteiger partial charge in [0.2, 0.25) is 0 Å². The summed E-state index contributed by atoms with van der Waals surface area (Å²) < 4.78 is 1.42. The summed E-state index contributed by atoms with van der Waals surface area (Å²) in [6, 6.07) is 28.7. The average Bonchev–Trinajstić information content (AvgIpc) is 3.71. The first-order valence-corrected chi connectivity index (χ1v) is 19.6. The van der Waals surface area contributed by atoms with Crippen LogP contribution in [0.15, 0.2) is 97.1 Å². The molecule has 0 atom stereocenters. The molecule has 0 unspecified atom stereocenters. The number of allylic oxidation sites excluding steroid dienone is 4. The van der Waals surface area contributed by atoms with Crippen molar-refractivity contribution in [1.82, 2.24) is 0 Å². The van der Waals surface area contributed by atoms with Crippen LogP contribution in [0.1, 0.15) is 152 Å². The molecule has 0 aromatic heterocycles. The van der Waals surface area contributed by atoms with E-state index >= 15 is 0 Å². The molecule has 1 aliphatic rings. The molecular weight excluding hydrogens is 739 g/mol. The molecule has 0 N–H and O–H groups in total. The molecule has 0 radical (unpaired) electrons. The van der Waals surface area contributed by atoms with Gasteiger partial charge >= 0.3 is 99.2 Å². The fourth-order valence-corrected chi connectivity index (χ4v) is 8.50. The molecule has 0 bridgehead atoms. The van der Waals surface area contributed by atoms with Crippen LogP contribution < -0.4 is 24.8 Å². The molecular formula is C48H57Cl2Zr-. The van der Waals surface area contributed by atoms with Crippen LogP contribution in [0.4, 0.5) is 0 Å². The summed E-state index contributed by atoms with van der Waals surface area (Å²) in [5.41, 5.74) is 13.5. The number of hydrogen-bond acceptors (Lipinski definition) is 0. The number of hydrogen-bond donors (Lipinski definition) is 0. The zero-order valence-electron chi connectivity index (χ0n) is 32.9. The third-order valence-electron chi connectivity index (χ3n) is 9.98. The number of fused-ring (bicyclic) bond motifs is 3. The van der Waals surface area contributed by atoms with E-state index in [0.29, 0.717) is 17.8 Å². The summed E-state index contributed by atoms with van der Waals surface area (Å²) in [7, 11) is 0. The summed E-state index contributed by atoms with van der Waals surface area (Å²) in [5.74, 6) is 1.42. The van der Waals surface area contributed by atoms with Crippen LogP contribution in [0.2, 0.25) is 0 Å². The Hall–Kier alpha value is -2.44. The topological polar surface area (TPSA) is 0 Å². The molecule has 5 aromatic carbocycles. The van der Waals surface area contributed by atoms with Gasteiger partial charge in [-0.1, -0.05) is 146 Å². The second kappa shape index (κ2) is 17.1. The first-order valence-electron chi connectivity index (χ1n) is 18.4. The molecule has 0 fully saturated rings. The summed E-state index contributed by atoms with van der Waals surface area (Å²) in [6.45, 7) is 28.6. The van der Waals surface area contributed by atoms with Crippen LogP contribution in [0.3, 0.4) is 0 Å². The summed E-state index contributed by atoms with van der Waals surface area (Å²) in [5, 5.41) is 5.92. The van der Waals surface area contributed by atoms with Gasteiger partial charge in [-0.05, 0) is 35.0 Å². The second-order valence-corrected chi connectivity index (χ2v) is 18.2. The van der Waals surface area contributed by atoms with Crippen LogP contribution in [0, 0.1) is 0 Å². The van der Waals surface area contributed by atoms with Crippen molar-refractivity contribution in [2.75, 3.05) is 0 Å². The van der Waals surface area contributed by atoms with Crippen LogP contribution >= 0.6 is 0 Å². The third kappa shape index (κ3) is 9.03. The Morgan fingerprint density at radius 1 is 0.667 bits per heavy atom. The first kappa shape index (κ1) is 43.0. The van der Waals surface area contributed by atoms with E-state index in [-0.39, 0.29) is 35.6 Å². The van der Waals surface area contributed by atoms with Crippen molar-refractivity contribution in [2.24, 2.45) is 0 Å². The quantitative estimate of drug-likeness (QED) is 0.154. The zero-order chi connectivity index (χ0) is 35.8. The average molecular weight is 796 g/mol. The Kier molecular flexibility index (Phi) is 14.4. The molecule has 0 heterocycles. The van der Waals surface area contributed by atoms with E-state index < -0.39 is 0 Å². The minimum absolute atomic E-state index is 0. The maximum atomic E-state index is 2.55. The van der Waals surface area contributed by atoms with E-state index in [2.05, 4.69) is 180 Å². The zero-order valence-corrected chi connectivity index (χ0v) is 36.9. The predicted octanol–water partition coefficient (Wildman–Crippen LogP) is 7.83. The number of benzene rings is 4. The normalized spacial score (nSPS) is 13.0. The van der Waals surface area contributed by atoms with Gasteiger partial charge in [0.1, 0.15) is 0 Å². The van der Waals surface area contributed by atoms with Gasteiger partial charge in [-0.25, -0.2) is 0 Å². The van der Waals surface area contributed by atoms with Gasteiger partial charge in [-0.15, -0.1) is 33.7 Å². The van der Waals surface area contributed by atoms with Gasteiger partial charge in [0.05, 0.1) is 0 Å². The Balaban J connectivity index is 0.000000368. The Labute approximate surface area is 336 Å². The molecule has 51 heavy (non-hydrogen) atoms. The molecule has 0 spiro atoms. The van der Waals surface area contributed by atoms with E-state index in [1.807, 2.05) is 0 Å². The van der Waals surface area contributed by atoms with E-state index in [0.717, 1.165) is 6.42 Å². The van der Waals surface area contributed by atoms with Crippen molar-refractivity contribution >= 4 is 30.3 Å². The van der Waals surface area contributed by atoms with Gasteiger partial charge in [0.15, 0.2) is 0 Å². The van der Waals surface area contributed by atoms with Crippen LogP contribution in [-0.2, 0) is 35.1 Å². The molecule has 6 rings (SSSR count). The van der Waals surface area contributed by atoms with Crippen molar-refractivity contribution in [3.63, 3.8) is 0 Å². The third-order valence-corrected chi connectivity index (χ3v) is 11.4. The first-order chi connectivity index (χ1) is 23.0. The van der Waals surface area contributed by atoms with Crippen molar-refractivity contribution < 1.29 is 49.0 Å². The maximum absolute atomic E-state index is 2.55. The van der Waals surface area contributed by atoms with Crippen LogP contribution in [0.25, 0.3) is 27.1 Å². The molecule has 0 amide bonds. The molecule has 0 aliphatic heterocycles. The number of rotatable bonds is 6. The molecule has 268 valence electrons. The monoisotopic (exact) mass is 793 g/mol. The summed E-state index contributed by atoms with van der Waals surface area (Å²) in [6.07, 6.45) is 7.96. The molecule has 0 nitrogen and oxygen atoms in total. The summed E-state index contributed by atoms with van der Waals surface area (Å²) in [4.78, 5) is 0. The van der Waals surface area contributed by atoms with Crippen molar-refractivity contribution in [3.8, 4) is 0 Å². The van der Waals surface area contributed by atoms with E-state index in [9.17, 15) is 0 Å². The molecule has 5 aromatic rings. The van der Waals surface area contributed by atoms with Gasteiger partial charge in [0.25, 0.3) is 0 Å². The van der Waals surface area contributed by atoms with Crippen LogP contribution in [0.5, 0.6) is 0 Å². The van der Waals surface area contributed by atoms with Gasteiger partial charge in [-0.2, -0.15) is 0 Å². The van der Waals surface area contributed by atoms with E-state index in [1.54, 1.807) is 16.7 Å². The van der Waals surface area contributed by atoms with Gasteiger partial charge in [0, 0.05) is 0 Å². The van der Waals surface area contributed by atoms with E-state index in [1.165, 1.54) is 82.4 Å². The second-order valence-electron chi connectivity index (χ2n) is 16.9. The SMILES string of the molecule is CC(C)c1c(C(C)(C)C)c(C2=CC=CC2)c2[cH-]c3cc(C(C)(C)C)cc(C(C)C)c3c2c1C(C)C.[Cl-].[Cl-].[Zr+2]=[C](c1ccccc1)c1ccccc1. The van der Waals surface area contributed by atoms with Gasteiger partial charge < -0.3 is 24.8 Å². The molecule has 1 aliphatic carbocycles. The van der Waals surface area contributed by atoms with E-state index in [4.69, 9.17) is 0 Å².